The summed E-state index contributed by atoms with van der Waals surface area (Å²) in [5, 5.41) is 2.52. The molecule has 0 atom stereocenters. The van der Waals surface area contributed by atoms with Gasteiger partial charge in [-0.15, -0.1) is 6.58 Å². The summed E-state index contributed by atoms with van der Waals surface area (Å²) in [6, 6.07) is 4.47. The smallest absolute Gasteiger partial charge is 0.344 e. The van der Waals surface area contributed by atoms with Gasteiger partial charge in [0.2, 0.25) is 0 Å². The second-order valence-electron chi connectivity index (χ2n) is 5.43. The van der Waals surface area contributed by atoms with Gasteiger partial charge in [0.15, 0.2) is 18.1 Å². The second-order valence-corrected chi connectivity index (χ2v) is 5.43. The molecule has 1 N–H and O–H groups in total. The molecule has 1 aliphatic heterocycles. The lowest BCUT2D eigenvalue weighted by atomic mass is 10.1. The molecule has 0 aliphatic carbocycles. The van der Waals surface area contributed by atoms with Crippen LogP contribution in [0.15, 0.2) is 36.6 Å². The number of carbonyl (C=O) groups is 3. The fraction of sp³-hybridized carbons (Fsp3) is 0.316. The summed E-state index contributed by atoms with van der Waals surface area (Å²) in [6.07, 6.45) is 3.02. The highest BCUT2D eigenvalue weighted by molar-refractivity contribution is 6.14. The van der Waals surface area contributed by atoms with E-state index >= 15 is 0 Å². The average Bonchev–Trinajstić information content (AvgIpc) is 2.89. The molecule has 2 rings (SSSR count). The van der Waals surface area contributed by atoms with Crippen molar-refractivity contribution in [2.75, 3.05) is 26.4 Å². The summed E-state index contributed by atoms with van der Waals surface area (Å²) in [5.74, 6) is -0.119. The molecule has 0 aromatic heterocycles. The average molecular weight is 374 g/mol. The van der Waals surface area contributed by atoms with Crippen molar-refractivity contribution in [1.29, 1.82) is 0 Å². The van der Waals surface area contributed by atoms with Crippen molar-refractivity contribution in [2.24, 2.45) is 0 Å². The van der Waals surface area contributed by atoms with E-state index in [4.69, 9.17) is 14.2 Å². The quantitative estimate of drug-likeness (QED) is 0.308. The van der Waals surface area contributed by atoms with Gasteiger partial charge in [0.25, 0.3) is 5.91 Å². The molecule has 0 spiro atoms. The van der Waals surface area contributed by atoms with Gasteiger partial charge in [0, 0.05) is 6.54 Å². The largest absolute Gasteiger partial charge is 0.490 e. The first kappa shape index (κ1) is 20.0. The van der Waals surface area contributed by atoms with Crippen molar-refractivity contribution >= 4 is 24.0 Å². The molecule has 0 radical (unpaired) electrons. The van der Waals surface area contributed by atoms with Gasteiger partial charge in [-0.1, -0.05) is 12.1 Å². The van der Waals surface area contributed by atoms with Crippen LogP contribution in [-0.4, -0.2) is 49.2 Å². The molecule has 1 heterocycles. The Kier molecular flexibility index (Phi) is 6.99. The van der Waals surface area contributed by atoms with Crippen LogP contribution in [0.2, 0.25) is 0 Å². The molecule has 1 aliphatic rings. The van der Waals surface area contributed by atoms with Crippen LogP contribution in [0, 0.1) is 0 Å². The van der Waals surface area contributed by atoms with Crippen LogP contribution < -0.4 is 14.8 Å². The maximum atomic E-state index is 12.2. The fourth-order valence-electron chi connectivity index (χ4n) is 2.37. The van der Waals surface area contributed by atoms with Gasteiger partial charge in [0.1, 0.15) is 5.70 Å². The number of hydrogen-bond donors (Lipinski definition) is 1. The van der Waals surface area contributed by atoms with Gasteiger partial charge in [-0.05, 0) is 37.6 Å². The van der Waals surface area contributed by atoms with E-state index in [1.807, 2.05) is 6.92 Å². The van der Waals surface area contributed by atoms with Gasteiger partial charge in [-0.3, -0.25) is 9.69 Å². The van der Waals surface area contributed by atoms with Crippen LogP contribution >= 0.6 is 0 Å². The highest BCUT2D eigenvalue weighted by Gasteiger charge is 2.32. The van der Waals surface area contributed by atoms with Gasteiger partial charge >= 0.3 is 12.0 Å². The first-order valence-corrected chi connectivity index (χ1v) is 8.50. The predicted octanol–water partition coefficient (Wildman–Crippen LogP) is 2.11. The molecule has 8 nitrogen and oxygen atoms in total. The Hall–Kier alpha value is -3.29. The molecule has 0 unspecified atom stereocenters. The molecule has 0 saturated carbocycles. The number of imide groups is 1. The van der Waals surface area contributed by atoms with Crippen LogP contribution in [-0.2, 0) is 14.3 Å². The third-order valence-electron chi connectivity index (χ3n) is 3.50. The van der Waals surface area contributed by atoms with Crippen molar-refractivity contribution in [3.63, 3.8) is 0 Å². The molecule has 144 valence electrons. The van der Waals surface area contributed by atoms with E-state index in [0.29, 0.717) is 23.7 Å². The minimum absolute atomic E-state index is 0.132. The Balaban J connectivity index is 2.20. The molecule has 1 aromatic carbocycles. The summed E-state index contributed by atoms with van der Waals surface area (Å²) in [5.41, 5.74) is 0.788. The minimum atomic E-state index is -0.495. The molecular formula is C19H22N2O6. The normalized spacial score (nSPS) is 14.9. The molecule has 1 fully saturated rings. The second kappa shape index (κ2) is 9.42. The van der Waals surface area contributed by atoms with Crippen molar-refractivity contribution in [2.45, 2.75) is 13.8 Å². The number of hydrogen-bond acceptors (Lipinski definition) is 6. The zero-order chi connectivity index (χ0) is 19.8. The first-order chi connectivity index (χ1) is 13.0. The number of nitrogens with zero attached hydrogens (tertiary/aromatic N) is 1. The van der Waals surface area contributed by atoms with Crippen LogP contribution in [0.25, 0.3) is 6.08 Å². The van der Waals surface area contributed by atoms with E-state index < -0.39 is 17.9 Å². The van der Waals surface area contributed by atoms with Crippen molar-refractivity contribution in [3.05, 3.63) is 42.1 Å². The van der Waals surface area contributed by atoms with Crippen molar-refractivity contribution < 1.29 is 28.6 Å². The van der Waals surface area contributed by atoms with Gasteiger partial charge in [0.05, 0.1) is 13.2 Å². The third-order valence-corrected chi connectivity index (χ3v) is 3.50. The lowest BCUT2D eigenvalue weighted by molar-refractivity contribution is -0.145. The minimum Gasteiger partial charge on any atom is -0.490 e. The van der Waals surface area contributed by atoms with Gasteiger partial charge < -0.3 is 19.5 Å². The maximum absolute atomic E-state index is 12.2. The van der Waals surface area contributed by atoms with E-state index in [-0.39, 0.29) is 25.5 Å². The Labute approximate surface area is 157 Å². The molecule has 3 amide bonds. The summed E-state index contributed by atoms with van der Waals surface area (Å²) in [4.78, 5) is 36.6. The summed E-state index contributed by atoms with van der Waals surface area (Å²) in [6.45, 7) is 7.61. The topological polar surface area (TPSA) is 94.2 Å². The summed E-state index contributed by atoms with van der Waals surface area (Å²) in [7, 11) is 0. The molecular weight excluding hydrogens is 352 g/mol. The zero-order valence-corrected chi connectivity index (χ0v) is 15.3. The Morgan fingerprint density at radius 1 is 1.19 bits per heavy atom. The third kappa shape index (κ3) is 5.10. The summed E-state index contributed by atoms with van der Waals surface area (Å²) < 4.78 is 15.8. The molecule has 1 saturated heterocycles. The maximum Gasteiger partial charge on any atom is 0.344 e. The highest BCUT2D eigenvalue weighted by Crippen LogP contribution is 2.29. The molecule has 1 aromatic rings. The lowest BCUT2D eigenvalue weighted by Gasteiger charge is -2.12. The monoisotopic (exact) mass is 374 g/mol. The van der Waals surface area contributed by atoms with E-state index in [2.05, 4.69) is 11.9 Å². The number of esters is 1. The Bertz CT molecular complexity index is 771. The fourth-order valence-corrected chi connectivity index (χ4v) is 2.37. The van der Waals surface area contributed by atoms with Crippen molar-refractivity contribution in [1.82, 2.24) is 10.2 Å². The van der Waals surface area contributed by atoms with Crippen LogP contribution in [0.4, 0.5) is 4.79 Å². The van der Waals surface area contributed by atoms with Crippen LogP contribution in [0.1, 0.15) is 19.4 Å². The number of urea groups is 1. The standard InChI is InChI=1S/C19H22N2O6/c1-4-9-21-18(23)14(20-19(21)24)10-13-7-8-15(16(11-13)25-5-2)27-12-17(22)26-6-3/h4,7-8,10-11H,1,5-6,9,12H2,2-3H3,(H,20,24)/b14-10+. The lowest BCUT2D eigenvalue weighted by Crippen LogP contribution is -2.30. The molecule has 8 heteroatoms. The summed E-state index contributed by atoms with van der Waals surface area (Å²) >= 11 is 0. The van der Waals surface area contributed by atoms with E-state index in [1.54, 1.807) is 31.2 Å². The van der Waals surface area contributed by atoms with Gasteiger partial charge in [-0.2, -0.15) is 0 Å². The molecule has 27 heavy (non-hydrogen) atoms. The van der Waals surface area contributed by atoms with Crippen LogP contribution in [0.3, 0.4) is 0 Å². The first-order valence-electron chi connectivity index (χ1n) is 8.50. The number of carbonyl (C=O) groups excluding carboxylic acids is 3. The number of benzene rings is 1. The molecule has 0 bridgehead atoms. The van der Waals surface area contributed by atoms with Gasteiger partial charge in [-0.25, -0.2) is 9.59 Å². The van der Waals surface area contributed by atoms with Crippen LogP contribution in [0.5, 0.6) is 11.5 Å². The SMILES string of the molecule is C=CCN1C(=O)N/C(=C/c2ccc(OCC(=O)OCC)c(OCC)c2)C1=O. The number of rotatable bonds is 9. The number of nitrogens with one attached hydrogen (secondary N) is 1. The highest BCUT2D eigenvalue weighted by atomic mass is 16.6. The zero-order valence-electron chi connectivity index (χ0n) is 15.3. The predicted molar refractivity (Wildman–Crippen MR) is 98.2 cm³/mol. The Morgan fingerprint density at radius 3 is 2.63 bits per heavy atom. The number of ether oxygens (including phenoxy) is 3. The van der Waals surface area contributed by atoms with Crippen molar-refractivity contribution in [3.8, 4) is 11.5 Å². The van der Waals surface area contributed by atoms with E-state index in [0.717, 1.165) is 4.90 Å². The van der Waals surface area contributed by atoms with E-state index in [9.17, 15) is 14.4 Å². The Morgan fingerprint density at radius 2 is 1.96 bits per heavy atom. The number of amides is 3. The van der Waals surface area contributed by atoms with E-state index in [1.165, 1.54) is 6.08 Å².